The predicted octanol–water partition coefficient (Wildman–Crippen LogP) is 3.75. The molecule has 6 N–H and O–H groups in total. The van der Waals surface area contributed by atoms with E-state index in [1.54, 1.807) is 0 Å². The van der Waals surface area contributed by atoms with Crippen molar-refractivity contribution in [2.75, 3.05) is 85.1 Å². The largest absolute Gasteiger partial charge is 0.494 e. The molecule has 1 amide bonds. The number of aliphatic hydroxyl groups excluding tert-OH is 2. The molecule has 0 atom stereocenters. The van der Waals surface area contributed by atoms with E-state index in [9.17, 15) is 15.0 Å². The van der Waals surface area contributed by atoms with Crippen LogP contribution in [0.3, 0.4) is 0 Å². The number of hydrogen-bond acceptors (Lipinski definition) is 9. The summed E-state index contributed by atoms with van der Waals surface area (Å²) in [6.07, 6.45) is 7.77. The minimum Gasteiger partial charge on any atom is -0.494 e. The molecule has 11 nitrogen and oxygen atoms in total. The van der Waals surface area contributed by atoms with Crippen LogP contribution < -0.4 is 15.8 Å². The second kappa shape index (κ2) is 19.3. The van der Waals surface area contributed by atoms with Crippen LogP contribution in [0, 0.1) is 0 Å². The van der Waals surface area contributed by atoms with Crippen LogP contribution in [-0.4, -0.2) is 150 Å². The van der Waals surface area contributed by atoms with Gasteiger partial charge >= 0.3 is 0 Å². The van der Waals surface area contributed by atoms with Gasteiger partial charge in [-0.25, -0.2) is 0 Å². The molecule has 0 spiro atoms. The van der Waals surface area contributed by atoms with E-state index < -0.39 is 0 Å². The number of aliphatic hydroxyl groups is 2. The summed E-state index contributed by atoms with van der Waals surface area (Å²) in [6.45, 7) is 15.6. The number of likely N-dealkylation sites (tertiary alicyclic amines) is 4. The zero-order valence-electron chi connectivity index (χ0n) is 31.4. The number of carbonyl (C=O) groups is 1. The Morgan fingerprint density at radius 1 is 0.750 bits per heavy atom. The summed E-state index contributed by atoms with van der Waals surface area (Å²) in [6, 6.07) is 16.8. The smallest absolute Gasteiger partial charge is 0.267 e. The van der Waals surface area contributed by atoms with Gasteiger partial charge in [-0.3, -0.25) is 4.79 Å². The van der Waals surface area contributed by atoms with Gasteiger partial charge in [-0.1, -0.05) is 24.3 Å². The highest BCUT2D eigenvalue weighted by atomic mass is 16.5. The van der Waals surface area contributed by atoms with Gasteiger partial charge in [0, 0.05) is 88.4 Å². The molecule has 4 aliphatic heterocycles. The lowest BCUT2D eigenvalue weighted by Crippen LogP contribution is -2.47. The zero-order valence-corrected chi connectivity index (χ0v) is 31.4. The Labute approximate surface area is 310 Å². The number of fused-ring (bicyclic) bond motifs is 1. The first-order valence-corrected chi connectivity index (χ1v) is 20.0. The molecule has 52 heavy (non-hydrogen) atoms. The summed E-state index contributed by atoms with van der Waals surface area (Å²) in [5, 5.41) is 23.4. The van der Waals surface area contributed by atoms with Crippen molar-refractivity contribution in [2.24, 2.45) is 5.73 Å². The Hall–Kier alpha value is -3.03. The number of carbonyl (C=O) groups excluding carboxylic acids is 1. The minimum absolute atomic E-state index is 0.0332. The summed E-state index contributed by atoms with van der Waals surface area (Å²) in [4.78, 5) is 26.4. The van der Waals surface area contributed by atoms with Crippen LogP contribution in [0.5, 0.6) is 5.75 Å². The lowest BCUT2D eigenvalue weighted by atomic mass is 10.0. The van der Waals surface area contributed by atoms with E-state index >= 15 is 0 Å². The molecule has 7 rings (SSSR count). The molecule has 0 aliphatic carbocycles. The molecule has 4 saturated heterocycles. The van der Waals surface area contributed by atoms with Crippen molar-refractivity contribution in [2.45, 2.75) is 82.6 Å². The van der Waals surface area contributed by atoms with E-state index in [-0.39, 0.29) is 24.2 Å². The Kier molecular flexibility index (Phi) is 14.4. The Morgan fingerprint density at radius 3 is 1.77 bits per heavy atom. The molecule has 0 radical (unpaired) electrons. The molecular weight excluding hydrogens is 654 g/mol. The number of nitrogens with two attached hydrogens (primary N) is 1. The summed E-state index contributed by atoms with van der Waals surface area (Å²) in [7, 11) is 0. The molecule has 11 heteroatoms. The van der Waals surface area contributed by atoms with E-state index in [1.165, 1.54) is 6.54 Å². The Bertz CT molecular complexity index is 1480. The molecule has 3 aromatic rings. The molecule has 1 aromatic heterocycles. The molecule has 4 aliphatic rings. The number of aromatic nitrogens is 1. The van der Waals surface area contributed by atoms with Gasteiger partial charge in [0.05, 0.1) is 18.8 Å². The highest BCUT2D eigenvalue weighted by Crippen LogP contribution is 2.30. The minimum atomic E-state index is -0.114. The summed E-state index contributed by atoms with van der Waals surface area (Å²) in [5.74, 6) is 0.828. The van der Waals surface area contributed by atoms with Crippen LogP contribution in [0.15, 0.2) is 48.5 Å². The van der Waals surface area contributed by atoms with Gasteiger partial charge in [-0.2, -0.15) is 0 Å². The second-order valence-corrected chi connectivity index (χ2v) is 15.3. The van der Waals surface area contributed by atoms with E-state index in [1.807, 2.05) is 37.3 Å². The lowest BCUT2D eigenvalue weighted by molar-refractivity contribution is 0.0729. The second-order valence-electron chi connectivity index (χ2n) is 15.3. The van der Waals surface area contributed by atoms with E-state index in [4.69, 9.17) is 10.5 Å². The normalized spacial score (nSPS) is 21.2. The first-order valence-electron chi connectivity index (χ1n) is 20.0. The molecule has 0 saturated carbocycles. The Morgan fingerprint density at radius 2 is 1.25 bits per heavy atom. The first-order chi connectivity index (χ1) is 25.3. The molecule has 5 heterocycles. The van der Waals surface area contributed by atoms with Gasteiger partial charge in [-0.15, -0.1) is 0 Å². The number of ether oxygens (including phenoxy) is 1. The van der Waals surface area contributed by atoms with E-state index in [2.05, 4.69) is 48.1 Å². The van der Waals surface area contributed by atoms with Crippen molar-refractivity contribution in [3.05, 3.63) is 54.2 Å². The zero-order chi connectivity index (χ0) is 36.3. The monoisotopic (exact) mass is 717 g/mol. The van der Waals surface area contributed by atoms with Gasteiger partial charge in [0.25, 0.3) is 5.91 Å². The first kappa shape index (κ1) is 38.7. The average molecular weight is 718 g/mol. The SMILES string of the molecule is CCOc1ccc(-c2cccc3[nH]c(C(=O)NC4CCN(CCN5CCC(O)CC5)CC4)cc23)cc1.NC1CCN(CCN2CCC(O)CC2)CC1. The third-order valence-electron chi connectivity index (χ3n) is 11.5. The predicted molar refractivity (Wildman–Crippen MR) is 209 cm³/mol. The molecule has 2 aromatic carbocycles. The van der Waals surface area contributed by atoms with Crippen LogP contribution in [-0.2, 0) is 0 Å². The fourth-order valence-corrected chi connectivity index (χ4v) is 8.02. The summed E-state index contributed by atoms with van der Waals surface area (Å²) < 4.78 is 5.57. The number of benzene rings is 2. The Balaban J connectivity index is 0.000000242. The van der Waals surface area contributed by atoms with Gasteiger partial charge in [-0.05, 0) is 107 Å². The van der Waals surface area contributed by atoms with Crippen LogP contribution in [0.2, 0.25) is 0 Å². The summed E-state index contributed by atoms with van der Waals surface area (Å²) in [5.41, 5.74) is 9.66. The number of piperidine rings is 4. The molecule has 4 fully saturated rings. The van der Waals surface area contributed by atoms with Crippen molar-refractivity contribution < 1.29 is 19.7 Å². The standard InChI is InChI=1S/C29H38N4O3.C12H25N3O/c1-2-36-24-8-6-21(7-9-24)25-4-3-5-27-26(25)20-28(31-27)29(35)30-22-10-14-32(15-11-22)18-19-33-16-12-23(34)13-17-33;13-11-1-5-14(6-2-11)9-10-15-7-3-12(16)4-8-15/h3-9,20,22-23,31,34H,2,10-19H2,1H3,(H,30,35);11-12,16H,1-10,13H2. The number of amides is 1. The third kappa shape index (κ3) is 11.2. The molecular formula is C41H63N7O4. The third-order valence-corrected chi connectivity index (χ3v) is 11.5. The maximum atomic E-state index is 13.1. The van der Waals surface area contributed by atoms with Crippen molar-refractivity contribution in [1.82, 2.24) is 29.9 Å². The van der Waals surface area contributed by atoms with Gasteiger partial charge < -0.3 is 50.6 Å². The van der Waals surface area contributed by atoms with E-state index in [0.717, 1.165) is 151 Å². The molecule has 0 unspecified atom stereocenters. The summed E-state index contributed by atoms with van der Waals surface area (Å²) >= 11 is 0. The maximum absolute atomic E-state index is 13.1. The maximum Gasteiger partial charge on any atom is 0.267 e. The van der Waals surface area contributed by atoms with Gasteiger partial charge in [0.1, 0.15) is 11.4 Å². The van der Waals surface area contributed by atoms with Crippen molar-refractivity contribution in [1.29, 1.82) is 0 Å². The highest BCUT2D eigenvalue weighted by molar-refractivity contribution is 6.03. The van der Waals surface area contributed by atoms with Crippen LogP contribution in [0.1, 0.15) is 68.8 Å². The number of nitrogens with zero attached hydrogens (tertiary/aromatic N) is 4. The average Bonchev–Trinajstić information content (AvgIpc) is 3.62. The van der Waals surface area contributed by atoms with Crippen molar-refractivity contribution in [3.8, 4) is 16.9 Å². The number of aromatic amines is 1. The van der Waals surface area contributed by atoms with Crippen LogP contribution in [0.4, 0.5) is 0 Å². The highest BCUT2D eigenvalue weighted by Gasteiger charge is 2.24. The van der Waals surface area contributed by atoms with Gasteiger partial charge in [0.2, 0.25) is 0 Å². The molecule has 0 bridgehead atoms. The fourth-order valence-electron chi connectivity index (χ4n) is 8.02. The quantitative estimate of drug-likeness (QED) is 0.201. The topological polar surface area (TPSA) is 134 Å². The van der Waals surface area contributed by atoms with Crippen LogP contribution >= 0.6 is 0 Å². The fraction of sp³-hybridized carbons (Fsp3) is 0.634. The van der Waals surface area contributed by atoms with E-state index in [0.29, 0.717) is 18.3 Å². The molecule has 286 valence electrons. The van der Waals surface area contributed by atoms with Crippen LogP contribution in [0.25, 0.3) is 22.0 Å². The van der Waals surface area contributed by atoms with Crippen molar-refractivity contribution >= 4 is 16.8 Å². The lowest BCUT2D eigenvalue weighted by Gasteiger charge is -2.35. The van der Waals surface area contributed by atoms with Crippen molar-refractivity contribution in [3.63, 3.8) is 0 Å². The number of H-pyrrole nitrogens is 1. The van der Waals surface area contributed by atoms with Gasteiger partial charge in [0.15, 0.2) is 0 Å². The number of hydrogen-bond donors (Lipinski definition) is 5. The number of rotatable bonds is 11. The number of nitrogens with one attached hydrogen (secondary N) is 2.